The predicted molar refractivity (Wildman–Crippen MR) is 228 cm³/mol. The molecule has 2 spiro atoms. The molecule has 0 radical (unpaired) electrons. The molecule has 310 valence electrons. The summed E-state index contributed by atoms with van der Waals surface area (Å²) in [6.45, 7) is 10.0. The standard InChI is InChI=1S/C46H54ClFN8O3/c1-31-26-46(30-56(31)36-7-5-33(29-49)38(47)25-36)13-15-54(16-14-46)41-9-6-32(23-39(41)48)44(59)55-17-11-45(12-18-55)27-37(28-45)53-21-19-52(20-22-53)35-4-2-3-34(24-35)50-40-8-10-42(57)51-43(40)58/h2-7,9,23-25,31,37,40,50H,8,10-22,26-28,30H2,1H3,(H,51,57,58)/t31-,40-/m0/s1. The molecule has 5 aliphatic heterocycles. The Morgan fingerprint density at radius 1 is 0.864 bits per heavy atom. The highest BCUT2D eigenvalue weighted by Crippen LogP contribution is 2.51. The number of nitrogens with zero attached hydrogens (tertiary/aromatic N) is 6. The van der Waals surface area contributed by atoms with Gasteiger partial charge in [0.25, 0.3) is 5.91 Å². The second-order valence-corrected chi connectivity index (χ2v) is 18.6. The number of carbonyl (C=O) groups excluding carboxylic acids is 3. The average Bonchev–Trinajstić information content (AvgIpc) is 3.56. The van der Waals surface area contributed by atoms with Gasteiger partial charge < -0.3 is 24.9 Å². The first-order valence-electron chi connectivity index (χ1n) is 21.5. The van der Waals surface area contributed by atoms with Crippen molar-refractivity contribution >= 4 is 52.1 Å². The van der Waals surface area contributed by atoms with Gasteiger partial charge in [0.2, 0.25) is 11.8 Å². The maximum Gasteiger partial charge on any atom is 0.253 e. The van der Waals surface area contributed by atoms with Gasteiger partial charge in [-0.15, -0.1) is 0 Å². The van der Waals surface area contributed by atoms with E-state index >= 15 is 4.39 Å². The number of carbonyl (C=O) groups is 3. The van der Waals surface area contributed by atoms with Crippen molar-refractivity contribution in [1.29, 1.82) is 5.26 Å². The van der Waals surface area contributed by atoms with Crippen molar-refractivity contribution in [3.05, 3.63) is 82.6 Å². The Labute approximate surface area is 351 Å². The van der Waals surface area contributed by atoms with E-state index in [0.717, 1.165) is 95.0 Å². The fourth-order valence-corrected chi connectivity index (χ4v) is 11.3. The zero-order valence-electron chi connectivity index (χ0n) is 33.9. The van der Waals surface area contributed by atoms with Gasteiger partial charge in [-0.1, -0.05) is 17.7 Å². The first kappa shape index (κ1) is 39.6. The summed E-state index contributed by atoms with van der Waals surface area (Å²) in [7, 11) is 0. The van der Waals surface area contributed by atoms with E-state index in [1.807, 2.05) is 35.2 Å². The van der Waals surface area contributed by atoms with Crippen LogP contribution in [-0.4, -0.2) is 105 Å². The first-order chi connectivity index (χ1) is 28.5. The molecule has 0 bridgehead atoms. The Bertz CT molecular complexity index is 2150. The van der Waals surface area contributed by atoms with Crippen LogP contribution < -0.4 is 25.3 Å². The first-order valence-corrected chi connectivity index (χ1v) is 21.9. The van der Waals surface area contributed by atoms with Gasteiger partial charge in [0, 0.05) is 100 Å². The van der Waals surface area contributed by atoms with Gasteiger partial charge >= 0.3 is 0 Å². The quantitative estimate of drug-likeness (QED) is 0.253. The fraction of sp³-hybridized carbons (Fsp3) is 0.522. The SMILES string of the molecule is C[C@H]1CC2(CCN(c3ccc(C(=O)N4CCC5(CC4)CC(N4CCN(c6cccc(N[C@H]7CCC(=O)NC7=O)c6)CC4)C5)cc3F)CC2)CN1c1ccc(C#N)c(Cl)c1. The number of anilines is 4. The van der Waals surface area contributed by atoms with Crippen molar-refractivity contribution in [2.24, 2.45) is 10.8 Å². The number of benzene rings is 3. The van der Waals surface area contributed by atoms with Gasteiger partial charge in [0.15, 0.2) is 0 Å². The lowest BCUT2D eigenvalue weighted by molar-refractivity contribution is -0.133. The summed E-state index contributed by atoms with van der Waals surface area (Å²) in [5.41, 5.74) is 5.00. The summed E-state index contributed by atoms with van der Waals surface area (Å²) in [6.07, 6.45) is 8.17. The summed E-state index contributed by atoms with van der Waals surface area (Å²) in [4.78, 5) is 48.9. The van der Waals surface area contributed by atoms with Crippen LogP contribution in [0.3, 0.4) is 0 Å². The number of nitrogens with one attached hydrogen (secondary N) is 2. The van der Waals surface area contributed by atoms with Gasteiger partial charge in [-0.25, -0.2) is 4.39 Å². The molecule has 6 fully saturated rings. The Balaban J connectivity index is 0.721. The Morgan fingerprint density at radius 3 is 2.31 bits per heavy atom. The van der Waals surface area contributed by atoms with Crippen molar-refractivity contribution in [2.45, 2.75) is 82.8 Å². The summed E-state index contributed by atoms with van der Waals surface area (Å²) in [6, 6.07) is 21.6. The van der Waals surface area contributed by atoms with E-state index in [-0.39, 0.29) is 29.0 Å². The van der Waals surface area contributed by atoms with Crippen molar-refractivity contribution in [3.63, 3.8) is 0 Å². The van der Waals surface area contributed by atoms with Crippen LogP contribution in [0.1, 0.15) is 80.6 Å². The number of piperidine rings is 3. The zero-order valence-corrected chi connectivity index (χ0v) is 34.7. The lowest BCUT2D eigenvalue weighted by Crippen LogP contribution is -2.59. The molecule has 6 aliphatic rings. The fourth-order valence-electron chi connectivity index (χ4n) is 11.1. The molecule has 5 saturated heterocycles. The minimum Gasteiger partial charge on any atom is -0.374 e. The number of hydrogen-bond acceptors (Lipinski definition) is 9. The van der Waals surface area contributed by atoms with Crippen LogP contribution in [-0.2, 0) is 9.59 Å². The number of hydrogen-bond donors (Lipinski definition) is 2. The highest BCUT2D eigenvalue weighted by atomic mass is 35.5. The smallest absolute Gasteiger partial charge is 0.253 e. The number of halogens is 2. The van der Waals surface area contributed by atoms with Crippen molar-refractivity contribution < 1.29 is 18.8 Å². The molecule has 3 aromatic carbocycles. The monoisotopic (exact) mass is 820 g/mol. The van der Waals surface area contributed by atoms with Crippen LogP contribution >= 0.6 is 11.6 Å². The number of likely N-dealkylation sites (tertiary alicyclic amines) is 1. The third-order valence-corrected chi connectivity index (χ3v) is 14.9. The molecule has 0 unspecified atom stereocenters. The number of imide groups is 1. The largest absolute Gasteiger partial charge is 0.374 e. The molecular weight excluding hydrogens is 767 g/mol. The summed E-state index contributed by atoms with van der Waals surface area (Å²) >= 11 is 6.37. The topological polar surface area (TPSA) is 115 Å². The Hall–Kier alpha value is -4.86. The third kappa shape index (κ3) is 7.96. The van der Waals surface area contributed by atoms with Crippen molar-refractivity contribution in [2.75, 3.05) is 78.9 Å². The highest BCUT2D eigenvalue weighted by molar-refractivity contribution is 6.32. The van der Waals surface area contributed by atoms with Gasteiger partial charge in [-0.2, -0.15) is 5.26 Å². The molecule has 2 N–H and O–H groups in total. The molecule has 5 heterocycles. The Kier molecular flexibility index (Phi) is 10.7. The van der Waals surface area contributed by atoms with E-state index in [0.29, 0.717) is 65.3 Å². The molecule has 13 heteroatoms. The molecule has 1 saturated carbocycles. The molecule has 1 aliphatic carbocycles. The van der Waals surface area contributed by atoms with Crippen LogP contribution in [0.2, 0.25) is 5.02 Å². The van der Waals surface area contributed by atoms with Gasteiger partial charge in [-0.05, 0) is 124 Å². The average molecular weight is 821 g/mol. The minimum absolute atomic E-state index is 0.0748. The normalized spacial score (nSPS) is 24.6. The summed E-state index contributed by atoms with van der Waals surface area (Å²) < 4.78 is 15.7. The molecule has 3 amide bonds. The van der Waals surface area contributed by atoms with E-state index in [4.69, 9.17) is 11.6 Å². The third-order valence-electron chi connectivity index (χ3n) is 14.6. The number of rotatable bonds is 7. The van der Waals surface area contributed by atoms with Crippen molar-refractivity contribution in [1.82, 2.24) is 15.1 Å². The second-order valence-electron chi connectivity index (χ2n) is 18.2. The maximum atomic E-state index is 15.7. The van der Waals surface area contributed by atoms with Gasteiger partial charge in [0.05, 0.1) is 16.3 Å². The second kappa shape index (κ2) is 16.0. The van der Waals surface area contributed by atoms with Gasteiger partial charge in [0.1, 0.15) is 17.9 Å². The number of piperazine rings is 1. The van der Waals surface area contributed by atoms with E-state index in [9.17, 15) is 19.6 Å². The number of amides is 3. The highest BCUT2D eigenvalue weighted by Gasteiger charge is 2.49. The van der Waals surface area contributed by atoms with Crippen LogP contribution in [0.4, 0.5) is 27.1 Å². The van der Waals surface area contributed by atoms with E-state index in [2.05, 4.69) is 55.4 Å². The van der Waals surface area contributed by atoms with E-state index < -0.39 is 6.04 Å². The van der Waals surface area contributed by atoms with Gasteiger partial charge in [-0.3, -0.25) is 24.6 Å². The van der Waals surface area contributed by atoms with E-state index in [1.165, 1.54) is 18.9 Å². The molecule has 11 nitrogen and oxygen atoms in total. The predicted octanol–water partition coefficient (Wildman–Crippen LogP) is 6.66. The number of nitriles is 1. The minimum atomic E-state index is -0.399. The lowest BCUT2D eigenvalue weighted by atomic mass is 9.60. The molecular formula is C46H54ClFN8O3. The lowest BCUT2D eigenvalue weighted by Gasteiger charge is -2.56. The molecule has 9 rings (SSSR count). The summed E-state index contributed by atoms with van der Waals surface area (Å²) in [5, 5.41) is 15.5. The zero-order chi connectivity index (χ0) is 40.9. The van der Waals surface area contributed by atoms with Crippen molar-refractivity contribution in [3.8, 4) is 6.07 Å². The van der Waals surface area contributed by atoms with Crippen LogP contribution in [0.5, 0.6) is 0 Å². The van der Waals surface area contributed by atoms with E-state index in [1.54, 1.807) is 12.1 Å². The Morgan fingerprint density at radius 2 is 1.61 bits per heavy atom. The summed E-state index contributed by atoms with van der Waals surface area (Å²) in [5.74, 6) is -0.876. The molecule has 2 atom stereocenters. The maximum absolute atomic E-state index is 15.7. The van der Waals surface area contributed by atoms with Crippen LogP contribution in [0.15, 0.2) is 60.7 Å². The van der Waals surface area contributed by atoms with Crippen LogP contribution in [0, 0.1) is 28.0 Å². The molecule has 59 heavy (non-hydrogen) atoms. The van der Waals surface area contributed by atoms with Crippen LogP contribution in [0.25, 0.3) is 0 Å². The molecule has 0 aromatic heterocycles. The molecule has 3 aromatic rings.